The molecule has 2 aromatic rings. The number of rotatable bonds is 9. The molecule has 0 radical (unpaired) electrons. The van der Waals surface area contributed by atoms with Crippen LogP contribution in [0.2, 0.25) is 0 Å². The van der Waals surface area contributed by atoms with Crippen molar-refractivity contribution in [3.8, 4) is 0 Å². The molecule has 26 heavy (non-hydrogen) atoms. The number of hydrogen-bond acceptors (Lipinski definition) is 4. The predicted molar refractivity (Wildman–Crippen MR) is 107 cm³/mol. The first-order chi connectivity index (χ1) is 12.4. The lowest BCUT2D eigenvalue weighted by atomic mass is 10.1. The highest BCUT2D eigenvalue weighted by molar-refractivity contribution is 7.98. The number of sulfonamides is 1. The zero-order valence-corrected chi connectivity index (χ0v) is 16.6. The Hall–Kier alpha value is -1.83. The van der Waals surface area contributed by atoms with Crippen molar-refractivity contribution in [1.29, 1.82) is 0 Å². The van der Waals surface area contributed by atoms with E-state index < -0.39 is 16.1 Å². The third-order valence-electron chi connectivity index (χ3n) is 3.99. The second-order valence-corrected chi connectivity index (χ2v) is 8.61. The first-order valence-electron chi connectivity index (χ1n) is 8.32. The minimum atomic E-state index is -3.75. The van der Waals surface area contributed by atoms with Crippen molar-refractivity contribution in [3.05, 3.63) is 65.7 Å². The van der Waals surface area contributed by atoms with E-state index in [0.717, 1.165) is 11.1 Å². The largest absolute Gasteiger partial charge is 0.351 e. The number of nitrogens with one attached hydrogen (secondary N) is 2. The van der Waals surface area contributed by atoms with Crippen molar-refractivity contribution >= 4 is 27.7 Å². The second-order valence-electron chi connectivity index (χ2n) is 5.91. The normalized spacial score (nSPS) is 12.5. The highest BCUT2D eigenvalue weighted by Gasteiger charge is 2.25. The summed E-state index contributed by atoms with van der Waals surface area (Å²) >= 11 is 1.57. The highest BCUT2D eigenvalue weighted by Crippen LogP contribution is 2.11. The molecular formula is C19H24N2O3S2. The lowest BCUT2D eigenvalue weighted by molar-refractivity contribution is -0.122. The van der Waals surface area contributed by atoms with Gasteiger partial charge in [0, 0.05) is 6.54 Å². The van der Waals surface area contributed by atoms with Crippen LogP contribution in [-0.4, -0.2) is 32.4 Å². The fraction of sp³-hybridized carbons (Fsp3) is 0.316. The fourth-order valence-electron chi connectivity index (χ4n) is 2.45. The Balaban J connectivity index is 2.08. The molecule has 2 rings (SSSR count). The van der Waals surface area contributed by atoms with Crippen LogP contribution in [-0.2, 0) is 21.4 Å². The maximum Gasteiger partial charge on any atom is 0.241 e. The van der Waals surface area contributed by atoms with E-state index in [4.69, 9.17) is 0 Å². The number of thioether (sulfide) groups is 1. The summed E-state index contributed by atoms with van der Waals surface area (Å²) in [7, 11) is -3.75. The number of aryl methyl sites for hydroxylation is 1. The summed E-state index contributed by atoms with van der Waals surface area (Å²) in [6.07, 6.45) is 2.35. The molecule has 0 aromatic heterocycles. The van der Waals surface area contributed by atoms with E-state index in [1.165, 1.54) is 12.1 Å². The first-order valence-corrected chi connectivity index (χ1v) is 11.2. The van der Waals surface area contributed by atoms with Gasteiger partial charge >= 0.3 is 0 Å². The highest BCUT2D eigenvalue weighted by atomic mass is 32.2. The molecule has 0 aliphatic heterocycles. The van der Waals surface area contributed by atoms with Gasteiger partial charge in [0.05, 0.1) is 4.90 Å². The molecule has 0 fully saturated rings. The van der Waals surface area contributed by atoms with Crippen LogP contribution < -0.4 is 10.0 Å². The van der Waals surface area contributed by atoms with Crippen LogP contribution in [0, 0.1) is 6.92 Å². The van der Waals surface area contributed by atoms with Gasteiger partial charge in [0.1, 0.15) is 6.04 Å². The van der Waals surface area contributed by atoms with Crippen LogP contribution in [0.25, 0.3) is 0 Å². The van der Waals surface area contributed by atoms with Crippen molar-refractivity contribution in [1.82, 2.24) is 10.0 Å². The van der Waals surface area contributed by atoms with Crippen molar-refractivity contribution in [2.45, 2.75) is 30.8 Å². The molecule has 0 bridgehead atoms. The average Bonchev–Trinajstić information content (AvgIpc) is 2.65. The summed E-state index contributed by atoms with van der Waals surface area (Å²) in [6.45, 7) is 2.35. The summed E-state index contributed by atoms with van der Waals surface area (Å²) in [6, 6.07) is 15.1. The van der Waals surface area contributed by atoms with Gasteiger partial charge in [0.2, 0.25) is 15.9 Å². The molecule has 0 spiro atoms. The molecule has 7 heteroatoms. The summed E-state index contributed by atoms with van der Waals surface area (Å²) in [5.74, 6) is 0.363. The summed E-state index contributed by atoms with van der Waals surface area (Å²) in [5, 5.41) is 2.85. The first kappa shape index (κ1) is 20.5. The van der Waals surface area contributed by atoms with E-state index in [1.807, 2.05) is 37.4 Å². The Bertz CT molecular complexity index is 824. The minimum absolute atomic E-state index is 0.154. The van der Waals surface area contributed by atoms with Crippen molar-refractivity contribution in [2.75, 3.05) is 12.0 Å². The average molecular weight is 393 g/mol. The quantitative estimate of drug-likeness (QED) is 0.688. The van der Waals surface area contributed by atoms with Crippen LogP contribution in [0.15, 0.2) is 59.5 Å². The topological polar surface area (TPSA) is 75.3 Å². The maximum absolute atomic E-state index is 12.6. The molecule has 0 heterocycles. The zero-order chi connectivity index (χ0) is 19.0. The molecule has 1 atom stereocenters. The smallest absolute Gasteiger partial charge is 0.241 e. The Kier molecular flexibility index (Phi) is 7.68. The van der Waals surface area contributed by atoms with Gasteiger partial charge < -0.3 is 5.32 Å². The molecule has 0 aliphatic rings. The molecule has 0 saturated carbocycles. The number of carbonyl (C=O) groups is 1. The number of benzene rings is 2. The standard InChI is InChI=1S/C19H24N2O3S2/c1-15-8-6-7-9-16(15)14-20-19(22)18(12-13-25-2)21-26(23,24)17-10-4-3-5-11-17/h3-11,18,21H,12-14H2,1-2H3,(H,20,22). The van der Waals surface area contributed by atoms with E-state index in [2.05, 4.69) is 10.0 Å². The van der Waals surface area contributed by atoms with E-state index in [9.17, 15) is 13.2 Å². The number of hydrogen-bond donors (Lipinski definition) is 2. The van der Waals surface area contributed by atoms with Crippen molar-refractivity contribution in [3.63, 3.8) is 0 Å². The molecule has 2 aromatic carbocycles. The van der Waals surface area contributed by atoms with Gasteiger partial charge in [-0.3, -0.25) is 4.79 Å². The van der Waals surface area contributed by atoms with E-state index in [0.29, 0.717) is 18.7 Å². The molecule has 1 unspecified atom stereocenters. The van der Waals surface area contributed by atoms with Gasteiger partial charge in [-0.15, -0.1) is 0 Å². The van der Waals surface area contributed by atoms with Gasteiger partial charge in [0.15, 0.2) is 0 Å². The molecule has 140 valence electrons. The van der Waals surface area contributed by atoms with Gasteiger partial charge in [-0.25, -0.2) is 8.42 Å². The van der Waals surface area contributed by atoms with Gasteiger partial charge in [-0.05, 0) is 48.6 Å². The maximum atomic E-state index is 12.6. The zero-order valence-electron chi connectivity index (χ0n) is 14.9. The van der Waals surface area contributed by atoms with Crippen molar-refractivity contribution in [2.24, 2.45) is 0 Å². The predicted octanol–water partition coefficient (Wildman–Crippen LogP) is 2.71. The van der Waals surface area contributed by atoms with Crippen molar-refractivity contribution < 1.29 is 13.2 Å². The summed E-state index contributed by atoms with van der Waals surface area (Å²) < 4.78 is 27.6. The van der Waals surface area contributed by atoms with Crippen LogP contribution >= 0.6 is 11.8 Å². The molecular weight excluding hydrogens is 368 g/mol. The second kappa shape index (κ2) is 9.75. The third-order valence-corrected chi connectivity index (χ3v) is 6.12. The molecule has 5 nitrogen and oxygen atoms in total. The third kappa shape index (κ3) is 5.86. The Morgan fingerprint density at radius 1 is 1.08 bits per heavy atom. The Morgan fingerprint density at radius 3 is 2.38 bits per heavy atom. The Morgan fingerprint density at radius 2 is 1.73 bits per heavy atom. The number of amides is 1. The van der Waals surface area contributed by atoms with E-state index in [1.54, 1.807) is 30.0 Å². The van der Waals surface area contributed by atoms with Crippen LogP contribution in [0.4, 0.5) is 0 Å². The van der Waals surface area contributed by atoms with Gasteiger partial charge in [-0.2, -0.15) is 16.5 Å². The molecule has 1 amide bonds. The monoisotopic (exact) mass is 392 g/mol. The van der Waals surface area contributed by atoms with E-state index in [-0.39, 0.29) is 10.8 Å². The Labute approximate surface area is 159 Å². The SMILES string of the molecule is CSCCC(NS(=O)(=O)c1ccccc1)C(=O)NCc1ccccc1C. The van der Waals surface area contributed by atoms with Gasteiger partial charge in [0.25, 0.3) is 0 Å². The molecule has 0 saturated heterocycles. The van der Waals surface area contributed by atoms with Crippen LogP contribution in [0.5, 0.6) is 0 Å². The fourth-order valence-corrected chi connectivity index (χ4v) is 4.17. The van der Waals surface area contributed by atoms with E-state index >= 15 is 0 Å². The number of carbonyl (C=O) groups excluding carboxylic acids is 1. The summed E-state index contributed by atoms with van der Waals surface area (Å²) in [4.78, 5) is 12.7. The minimum Gasteiger partial charge on any atom is -0.351 e. The summed E-state index contributed by atoms with van der Waals surface area (Å²) in [5.41, 5.74) is 2.09. The van der Waals surface area contributed by atoms with Crippen LogP contribution in [0.3, 0.4) is 0 Å². The lowest BCUT2D eigenvalue weighted by Crippen LogP contribution is -2.46. The molecule has 2 N–H and O–H groups in total. The molecule has 0 aliphatic carbocycles. The van der Waals surface area contributed by atoms with Crippen LogP contribution in [0.1, 0.15) is 17.5 Å². The lowest BCUT2D eigenvalue weighted by Gasteiger charge is -2.18. The van der Waals surface area contributed by atoms with Gasteiger partial charge in [-0.1, -0.05) is 42.5 Å².